The second-order valence-electron chi connectivity index (χ2n) is 4.89. The van der Waals surface area contributed by atoms with Crippen LogP contribution in [-0.4, -0.2) is 42.4 Å². The molecular formula is C14H19NO3S. The summed E-state index contributed by atoms with van der Waals surface area (Å²) in [6.45, 7) is 1.75. The van der Waals surface area contributed by atoms with E-state index in [4.69, 9.17) is 9.47 Å². The van der Waals surface area contributed by atoms with Crippen LogP contribution in [0.15, 0.2) is 18.2 Å². The molecule has 1 aromatic rings. The van der Waals surface area contributed by atoms with Gasteiger partial charge in [-0.05, 0) is 29.9 Å². The van der Waals surface area contributed by atoms with Gasteiger partial charge in [0.05, 0.1) is 6.10 Å². The van der Waals surface area contributed by atoms with Crippen molar-refractivity contribution in [1.29, 1.82) is 0 Å². The second kappa shape index (κ2) is 6.03. The summed E-state index contributed by atoms with van der Waals surface area (Å²) in [5, 5.41) is 13.6. The second-order valence-corrected chi connectivity index (χ2v) is 6.04. The van der Waals surface area contributed by atoms with Gasteiger partial charge in [0.2, 0.25) is 0 Å². The number of aliphatic hydroxyl groups excluding tert-OH is 1. The van der Waals surface area contributed by atoms with Crippen molar-refractivity contribution in [2.75, 3.05) is 31.3 Å². The maximum atomic E-state index is 10.2. The number of fused-ring (bicyclic) bond motifs is 1. The number of nitrogens with one attached hydrogen (secondary N) is 1. The van der Waals surface area contributed by atoms with Crippen LogP contribution in [-0.2, 0) is 0 Å². The van der Waals surface area contributed by atoms with E-state index >= 15 is 0 Å². The Balaban J connectivity index is 1.60. The molecule has 2 N–H and O–H groups in total. The maximum absolute atomic E-state index is 10.2. The molecule has 2 atom stereocenters. The minimum absolute atomic E-state index is 0.499. The Labute approximate surface area is 117 Å². The zero-order valence-electron chi connectivity index (χ0n) is 10.8. The fourth-order valence-corrected chi connectivity index (χ4v) is 3.55. The molecule has 104 valence electrons. The van der Waals surface area contributed by atoms with E-state index in [0.717, 1.165) is 22.8 Å². The molecule has 2 unspecified atom stereocenters. The van der Waals surface area contributed by atoms with Crippen molar-refractivity contribution in [3.05, 3.63) is 23.8 Å². The first kappa shape index (κ1) is 13.1. The van der Waals surface area contributed by atoms with Crippen LogP contribution in [0.25, 0.3) is 0 Å². The average molecular weight is 281 g/mol. The Morgan fingerprint density at radius 2 is 2.16 bits per heavy atom. The van der Waals surface area contributed by atoms with Crippen molar-refractivity contribution < 1.29 is 14.6 Å². The molecule has 4 nitrogen and oxygen atoms in total. The Bertz CT molecular complexity index is 435. The molecule has 2 heterocycles. The molecule has 0 aliphatic carbocycles. The van der Waals surface area contributed by atoms with Crippen molar-refractivity contribution in [2.24, 2.45) is 0 Å². The molecule has 2 aliphatic heterocycles. The molecule has 0 aromatic heterocycles. The molecule has 5 heteroatoms. The van der Waals surface area contributed by atoms with Crippen molar-refractivity contribution in [2.45, 2.75) is 18.6 Å². The SMILES string of the molecule is OC(CNC1CCSC1)c1ccc2c(c1)OCCO2. The summed E-state index contributed by atoms with van der Waals surface area (Å²) in [5.41, 5.74) is 0.877. The highest BCUT2D eigenvalue weighted by Gasteiger charge is 2.18. The third kappa shape index (κ3) is 3.16. The number of hydrogen-bond donors (Lipinski definition) is 2. The molecule has 19 heavy (non-hydrogen) atoms. The zero-order chi connectivity index (χ0) is 13.1. The van der Waals surface area contributed by atoms with E-state index in [1.807, 2.05) is 30.0 Å². The van der Waals surface area contributed by atoms with Crippen molar-refractivity contribution in [3.63, 3.8) is 0 Å². The monoisotopic (exact) mass is 281 g/mol. The third-order valence-corrected chi connectivity index (χ3v) is 4.64. The molecule has 1 saturated heterocycles. The Morgan fingerprint density at radius 1 is 1.32 bits per heavy atom. The van der Waals surface area contributed by atoms with Crippen LogP contribution in [0.5, 0.6) is 11.5 Å². The standard InChI is InChI=1S/C14H19NO3S/c16-12(8-15-11-3-6-19-9-11)10-1-2-13-14(7-10)18-5-4-17-13/h1-2,7,11-12,15-16H,3-6,8-9H2. The normalized spacial score (nSPS) is 23.3. The lowest BCUT2D eigenvalue weighted by Crippen LogP contribution is -2.32. The summed E-state index contributed by atoms with van der Waals surface area (Å²) in [4.78, 5) is 0. The van der Waals surface area contributed by atoms with Gasteiger partial charge in [-0.2, -0.15) is 11.8 Å². The van der Waals surface area contributed by atoms with Gasteiger partial charge in [-0.3, -0.25) is 0 Å². The summed E-state index contributed by atoms with van der Waals surface area (Å²) < 4.78 is 11.0. The van der Waals surface area contributed by atoms with Crippen LogP contribution < -0.4 is 14.8 Å². The molecule has 0 radical (unpaired) electrons. The fraction of sp³-hybridized carbons (Fsp3) is 0.571. The lowest BCUT2D eigenvalue weighted by atomic mass is 10.1. The largest absolute Gasteiger partial charge is 0.486 e. The highest BCUT2D eigenvalue weighted by atomic mass is 32.2. The van der Waals surface area contributed by atoms with Gasteiger partial charge in [0.15, 0.2) is 11.5 Å². The molecule has 3 rings (SSSR count). The topological polar surface area (TPSA) is 50.7 Å². The molecule has 0 saturated carbocycles. The number of hydrogen-bond acceptors (Lipinski definition) is 5. The number of aliphatic hydroxyl groups is 1. The van der Waals surface area contributed by atoms with Crippen molar-refractivity contribution in [3.8, 4) is 11.5 Å². The fourth-order valence-electron chi connectivity index (χ4n) is 2.36. The van der Waals surface area contributed by atoms with Crippen LogP contribution in [0.2, 0.25) is 0 Å². The minimum atomic E-state index is -0.499. The number of thioether (sulfide) groups is 1. The first-order valence-electron chi connectivity index (χ1n) is 6.71. The van der Waals surface area contributed by atoms with Gasteiger partial charge in [0, 0.05) is 18.3 Å². The maximum Gasteiger partial charge on any atom is 0.161 e. The molecular weight excluding hydrogens is 262 g/mol. The van der Waals surface area contributed by atoms with Crippen LogP contribution in [0.1, 0.15) is 18.1 Å². The Kier molecular flexibility index (Phi) is 4.15. The highest BCUT2D eigenvalue weighted by Crippen LogP contribution is 2.32. The molecule has 0 amide bonds. The van der Waals surface area contributed by atoms with Gasteiger partial charge < -0.3 is 19.9 Å². The lowest BCUT2D eigenvalue weighted by Gasteiger charge is -2.21. The molecule has 1 fully saturated rings. The minimum Gasteiger partial charge on any atom is -0.486 e. The van der Waals surface area contributed by atoms with E-state index in [1.54, 1.807) is 0 Å². The van der Waals surface area contributed by atoms with Gasteiger partial charge in [0.25, 0.3) is 0 Å². The van der Waals surface area contributed by atoms with Gasteiger partial charge in [-0.1, -0.05) is 6.07 Å². The molecule has 0 bridgehead atoms. The van der Waals surface area contributed by atoms with E-state index in [-0.39, 0.29) is 0 Å². The number of rotatable bonds is 4. The third-order valence-electron chi connectivity index (χ3n) is 3.48. The number of ether oxygens (including phenoxy) is 2. The summed E-state index contributed by atoms with van der Waals surface area (Å²) >= 11 is 1.97. The van der Waals surface area contributed by atoms with E-state index in [1.165, 1.54) is 12.2 Å². The quantitative estimate of drug-likeness (QED) is 0.877. The summed E-state index contributed by atoms with van der Waals surface area (Å²) in [6, 6.07) is 6.20. The van der Waals surface area contributed by atoms with Crippen LogP contribution in [0.3, 0.4) is 0 Å². The summed E-state index contributed by atoms with van der Waals surface area (Å²) in [6.07, 6.45) is 0.694. The van der Waals surface area contributed by atoms with E-state index < -0.39 is 6.10 Å². The summed E-state index contributed by atoms with van der Waals surface area (Å²) in [5.74, 6) is 3.87. The first-order valence-corrected chi connectivity index (χ1v) is 7.87. The van der Waals surface area contributed by atoms with Crippen molar-refractivity contribution >= 4 is 11.8 Å². The predicted octanol–water partition coefficient (Wildman–Crippen LogP) is 1.59. The van der Waals surface area contributed by atoms with Crippen LogP contribution >= 0.6 is 11.8 Å². The van der Waals surface area contributed by atoms with Crippen LogP contribution in [0, 0.1) is 0 Å². The molecule has 1 aromatic carbocycles. The zero-order valence-corrected chi connectivity index (χ0v) is 11.6. The van der Waals surface area contributed by atoms with E-state index in [2.05, 4.69) is 5.32 Å². The van der Waals surface area contributed by atoms with Crippen LogP contribution in [0.4, 0.5) is 0 Å². The smallest absolute Gasteiger partial charge is 0.161 e. The van der Waals surface area contributed by atoms with E-state index in [0.29, 0.717) is 25.8 Å². The Morgan fingerprint density at radius 3 is 2.95 bits per heavy atom. The molecule has 2 aliphatic rings. The predicted molar refractivity (Wildman–Crippen MR) is 76.1 cm³/mol. The van der Waals surface area contributed by atoms with E-state index in [9.17, 15) is 5.11 Å². The van der Waals surface area contributed by atoms with Gasteiger partial charge in [-0.15, -0.1) is 0 Å². The van der Waals surface area contributed by atoms with Gasteiger partial charge >= 0.3 is 0 Å². The highest BCUT2D eigenvalue weighted by molar-refractivity contribution is 7.99. The van der Waals surface area contributed by atoms with Crippen molar-refractivity contribution in [1.82, 2.24) is 5.32 Å². The lowest BCUT2D eigenvalue weighted by molar-refractivity contribution is 0.161. The molecule has 0 spiro atoms. The average Bonchev–Trinajstić information content (AvgIpc) is 2.97. The summed E-state index contributed by atoms with van der Waals surface area (Å²) in [7, 11) is 0. The van der Waals surface area contributed by atoms with Gasteiger partial charge in [0.1, 0.15) is 13.2 Å². The first-order chi connectivity index (χ1) is 9.33. The Hall–Kier alpha value is -0.910. The van der Waals surface area contributed by atoms with Gasteiger partial charge in [-0.25, -0.2) is 0 Å². The number of benzene rings is 1.